The average Bonchev–Trinajstić information content (AvgIpc) is 1.98. The van der Waals surface area contributed by atoms with Gasteiger partial charge in [-0.05, 0) is 13.8 Å². The van der Waals surface area contributed by atoms with Crippen LogP contribution in [0.15, 0.2) is 0 Å². The number of carbonyl (C=O) groups excluding carboxylic acids is 1. The molecule has 0 fully saturated rings. The molecule has 0 aliphatic carbocycles. The minimum Gasteiger partial charge on any atom is -0.447 e. The maximum absolute atomic E-state index is 10.9. The normalized spacial score (nSPS) is 9.91. The van der Waals surface area contributed by atoms with Crippen LogP contribution >= 0.6 is 0 Å². The Morgan fingerprint density at radius 3 is 2.55 bits per heavy atom. The molecule has 1 N–H and O–H groups in total. The Morgan fingerprint density at radius 2 is 2.18 bits per heavy atom. The minimum atomic E-state index is -0.394. The Balaban J connectivity index is 3.64. The number of hydrogen-bond donors (Lipinski definition) is 1. The van der Waals surface area contributed by atoms with Crippen LogP contribution in [0.5, 0.6) is 0 Å². The lowest BCUT2D eigenvalue weighted by Crippen LogP contribution is -2.33. The van der Waals surface area contributed by atoms with E-state index in [1.54, 1.807) is 7.05 Å². The summed E-state index contributed by atoms with van der Waals surface area (Å²) in [6.07, 6.45) is -0.394. The summed E-state index contributed by atoms with van der Waals surface area (Å²) in [5.74, 6) is 0. The first kappa shape index (κ1) is 10.2. The van der Waals surface area contributed by atoms with Gasteiger partial charge < -0.3 is 14.7 Å². The van der Waals surface area contributed by atoms with Crippen LogP contribution in [0, 0.1) is 0 Å². The van der Waals surface area contributed by atoms with E-state index < -0.39 is 6.09 Å². The number of rotatable bonds is 3. The van der Waals surface area contributed by atoms with E-state index in [0.717, 1.165) is 0 Å². The van der Waals surface area contributed by atoms with Gasteiger partial charge in [-0.2, -0.15) is 0 Å². The number of ether oxygens (including phenoxy) is 1. The molecule has 0 rings (SSSR count). The fraction of sp³-hybridized carbons (Fsp3) is 0.857. The molecule has 0 aromatic rings. The zero-order chi connectivity index (χ0) is 8.85. The summed E-state index contributed by atoms with van der Waals surface area (Å²) in [7, 11) is 1.66. The highest BCUT2D eigenvalue weighted by molar-refractivity contribution is 5.67. The van der Waals surface area contributed by atoms with Crippen molar-refractivity contribution in [3.05, 3.63) is 0 Å². The van der Waals surface area contributed by atoms with Crippen LogP contribution < -0.4 is 0 Å². The van der Waals surface area contributed by atoms with E-state index in [4.69, 9.17) is 5.11 Å². The highest BCUT2D eigenvalue weighted by Gasteiger charge is 2.11. The van der Waals surface area contributed by atoms with Crippen molar-refractivity contribution in [1.82, 2.24) is 4.90 Å². The Bertz CT molecular complexity index is 125. The third kappa shape index (κ3) is 3.83. The summed E-state index contributed by atoms with van der Waals surface area (Å²) in [6.45, 7) is 3.72. The molecular weight excluding hydrogens is 146 g/mol. The molecule has 0 saturated carbocycles. The van der Waals surface area contributed by atoms with Crippen molar-refractivity contribution in [2.75, 3.05) is 20.3 Å². The molecule has 0 aliphatic heterocycles. The second-order valence-electron chi connectivity index (χ2n) is 2.54. The summed E-state index contributed by atoms with van der Waals surface area (Å²) in [5.41, 5.74) is 0. The molecule has 0 aromatic heterocycles. The zero-order valence-corrected chi connectivity index (χ0v) is 7.20. The summed E-state index contributed by atoms with van der Waals surface area (Å²) < 4.78 is 4.65. The van der Waals surface area contributed by atoms with Crippen molar-refractivity contribution >= 4 is 6.09 Å². The smallest absolute Gasteiger partial charge is 0.409 e. The van der Waals surface area contributed by atoms with Crippen LogP contribution in [0.2, 0.25) is 0 Å². The van der Waals surface area contributed by atoms with Gasteiger partial charge in [-0.3, -0.25) is 0 Å². The number of hydrogen-bond acceptors (Lipinski definition) is 3. The fourth-order valence-electron chi connectivity index (χ4n) is 0.446. The van der Waals surface area contributed by atoms with Gasteiger partial charge in [0, 0.05) is 13.1 Å². The Labute approximate surface area is 66.8 Å². The fourth-order valence-corrected chi connectivity index (χ4v) is 0.446. The average molecular weight is 161 g/mol. The predicted molar refractivity (Wildman–Crippen MR) is 41.3 cm³/mol. The van der Waals surface area contributed by atoms with Gasteiger partial charge in [0.05, 0.1) is 6.61 Å². The molecular formula is C7H15NO3. The summed E-state index contributed by atoms with van der Waals surface area (Å²) >= 11 is 0. The van der Waals surface area contributed by atoms with Crippen LogP contribution in [0.3, 0.4) is 0 Å². The molecule has 0 aliphatic rings. The largest absolute Gasteiger partial charge is 0.447 e. The molecule has 4 heteroatoms. The SMILES string of the molecule is CC(C)N(C)C(=O)OCCO. The number of nitrogens with zero attached hydrogens (tertiary/aromatic N) is 1. The Morgan fingerprint density at radius 1 is 1.64 bits per heavy atom. The van der Waals surface area contributed by atoms with Gasteiger partial charge in [0.25, 0.3) is 0 Å². The molecule has 0 spiro atoms. The molecule has 4 nitrogen and oxygen atoms in total. The molecule has 11 heavy (non-hydrogen) atoms. The Kier molecular flexibility index (Phi) is 4.61. The summed E-state index contributed by atoms with van der Waals surface area (Å²) in [4.78, 5) is 12.4. The molecule has 0 bridgehead atoms. The third-order valence-electron chi connectivity index (χ3n) is 1.38. The van der Waals surface area contributed by atoms with Crippen LogP contribution in [0.1, 0.15) is 13.8 Å². The summed E-state index contributed by atoms with van der Waals surface area (Å²) in [6, 6.07) is 0.126. The quantitative estimate of drug-likeness (QED) is 0.654. The molecule has 66 valence electrons. The van der Waals surface area contributed by atoms with Gasteiger partial charge in [0.15, 0.2) is 0 Å². The molecule has 0 heterocycles. The number of amides is 1. The van der Waals surface area contributed by atoms with Gasteiger partial charge in [-0.1, -0.05) is 0 Å². The lowest BCUT2D eigenvalue weighted by atomic mass is 10.4. The van der Waals surface area contributed by atoms with Crippen LogP contribution in [0.25, 0.3) is 0 Å². The third-order valence-corrected chi connectivity index (χ3v) is 1.38. The second kappa shape index (κ2) is 4.96. The highest BCUT2D eigenvalue weighted by Crippen LogP contribution is 1.96. The monoisotopic (exact) mass is 161 g/mol. The van der Waals surface area contributed by atoms with Gasteiger partial charge in [-0.25, -0.2) is 4.79 Å². The second-order valence-corrected chi connectivity index (χ2v) is 2.54. The topological polar surface area (TPSA) is 49.8 Å². The van der Waals surface area contributed by atoms with Gasteiger partial charge in [-0.15, -0.1) is 0 Å². The van der Waals surface area contributed by atoms with E-state index in [0.29, 0.717) is 0 Å². The Hall–Kier alpha value is -0.770. The van der Waals surface area contributed by atoms with Crippen molar-refractivity contribution in [2.24, 2.45) is 0 Å². The highest BCUT2D eigenvalue weighted by atomic mass is 16.6. The molecule has 1 amide bonds. The van der Waals surface area contributed by atoms with Crippen LogP contribution in [0.4, 0.5) is 4.79 Å². The van der Waals surface area contributed by atoms with Crippen molar-refractivity contribution in [3.63, 3.8) is 0 Å². The lowest BCUT2D eigenvalue weighted by molar-refractivity contribution is 0.0840. The predicted octanol–water partition coefficient (Wildman–Crippen LogP) is 0.456. The summed E-state index contributed by atoms with van der Waals surface area (Å²) in [5, 5.41) is 8.34. The van der Waals surface area contributed by atoms with Crippen molar-refractivity contribution < 1.29 is 14.6 Å². The van der Waals surface area contributed by atoms with Gasteiger partial charge in [0.1, 0.15) is 6.61 Å². The first-order valence-electron chi connectivity index (χ1n) is 3.60. The maximum Gasteiger partial charge on any atom is 0.409 e. The molecule has 0 radical (unpaired) electrons. The molecule has 0 aromatic carbocycles. The van der Waals surface area contributed by atoms with E-state index in [1.165, 1.54) is 4.90 Å². The van der Waals surface area contributed by atoms with E-state index in [2.05, 4.69) is 4.74 Å². The first-order chi connectivity index (χ1) is 5.09. The van der Waals surface area contributed by atoms with Crippen LogP contribution in [-0.4, -0.2) is 42.4 Å². The maximum atomic E-state index is 10.9. The van der Waals surface area contributed by atoms with Crippen molar-refractivity contribution in [3.8, 4) is 0 Å². The van der Waals surface area contributed by atoms with Gasteiger partial charge >= 0.3 is 6.09 Å². The number of aliphatic hydroxyl groups is 1. The van der Waals surface area contributed by atoms with Crippen LogP contribution in [-0.2, 0) is 4.74 Å². The first-order valence-corrected chi connectivity index (χ1v) is 3.60. The van der Waals surface area contributed by atoms with Crippen molar-refractivity contribution in [1.29, 1.82) is 0 Å². The van der Waals surface area contributed by atoms with E-state index in [-0.39, 0.29) is 19.3 Å². The standard InChI is InChI=1S/C7H15NO3/c1-6(2)8(3)7(10)11-5-4-9/h6,9H,4-5H2,1-3H3. The van der Waals surface area contributed by atoms with E-state index >= 15 is 0 Å². The van der Waals surface area contributed by atoms with E-state index in [1.807, 2.05) is 13.8 Å². The number of carbonyl (C=O) groups is 1. The van der Waals surface area contributed by atoms with E-state index in [9.17, 15) is 4.79 Å². The molecule has 0 unspecified atom stereocenters. The lowest BCUT2D eigenvalue weighted by Gasteiger charge is -2.20. The zero-order valence-electron chi connectivity index (χ0n) is 7.20. The van der Waals surface area contributed by atoms with Gasteiger partial charge in [0.2, 0.25) is 0 Å². The minimum absolute atomic E-state index is 0.0654. The van der Waals surface area contributed by atoms with Crippen molar-refractivity contribution in [2.45, 2.75) is 19.9 Å². The number of aliphatic hydroxyl groups excluding tert-OH is 1. The molecule has 0 saturated heterocycles. The molecule has 0 atom stereocenters.